The number of rotatable bonds is 0. The van der Waals surface area contributed by atoms with Crippen molar-refractivity contribution in [3.8, 4) is 0 Å². The molecule has 3 nitrogen and oxygen atoms in total. The highest BCUT2D eigenvalue weighted by Gasteiger charge is 2.23. The van der Waals surface area contributed by atoms with Gasteiger partial charge in [0.05, 0.1) is 12.1 Å². The quantitative estimate of drug-likeness (QED) is 0.589. The number of carbonyl (C=O) groups is 2. The second-order valence-electron chi connectivity index (χ2n) is 3.29. The van der Waals surface area contributed by atoms with Crippen molar-refractivity contribution in [2.45, 2.75) is 13.3 Å². The first kappa shape index (κ1) is 9.64. The normalized spacial score (nSPS) is 15.0. The van der Waals surface area contributed by atoms with Crippen LogP contribution in [-0.4, -0.2) is 11.7 Å². The van der Waals surface area contributed by atoms with Crippen LogP contribution in [-0.2, 0) is 4.79 Å². The number of Topliss-reactive ketones (excluding diaryl/α,β-unsaturated/α-hetero) is 1. The van der Waals surface area contributed by atoms with E-state index in [0.717, 1.165) is 9.13 Å². The van der Waals surface area contributed by atoms with E-state index < -0.39 is 0 Å². The number of anilines is 1. The molecule has 1 N–H and O–H groups in total. The van der Waals surface area contributed by atoms with Crippen molar-refractivity contribution in [3.63, 3.8) is 0 Å². The molecule has 72 valence electrons. The second-order valence-corrected chi connectivity index (χ2v) is 4.54. The molecule has 0 aromatic heterocycles. The molecule has 0 unspecified atom stereocenters. The number of hydrogen-bond donors (Lipinski definition) is 1. The van der Waals surface area contributed by atoms with Gasteiger partial charge < -0.3 is 5.32 Å². The fourth-order valence-electron chi connectivity index (χ4n) is 1.55. The van der Waals surface area contributed by atoms with Gasteiger partial charge in [0.2, 0.25) is 5.91 Å². The largest absolute Gasteiger partial charge is 0.325 e. The molecule has 1 amide bonds. The number of nitrogens with one attached hydrogen (secondary N) is 1. The third-order valence-electron chi connectivity index (χ3n) is 2.19. The molecule has 0 bridgehead atoms. The third kappa shape index (κ3) is 1.54. The average Bonchev–Trinajstić information content (AvgIpc) is 2.07. The number of benzene rings is 1. The lowest BCUT2D eigenvalue weighted by atomic mass is 9.99. The number of fused-ring (bicyclic) bond motifs is 1. The number of halogens is 1. The first-order valence-electron chi connectivity index (χ1n) is 4.21. The van der Waals surface area contributed by atoms with Gasteiger partial charge in [-0.05, 0) is 47.2 Å². The summed E-state index contributed by atoms with van der Waals surface area (Å²) in [6.07, 6.45) is -0.0352. The Labute approximate surface area is 95.0 Å². The highest BCUT2D eigenvalue weighted by molar-refractivity contribution is 14.1. The van der Waals surface area contributed by atoms with Gasteiger partial charge in [-0.2, -0.15) is 0 Å². The Morgan fingerprint density at radius 1 is 1.36 bits per heavy atom. The number of carbonyl (C=O) groups excluding carboxylic acids is 2. The first-order valence-corrected chi connectivity index (χ1v) is 5.29. The summed E-state index contributed by atoms with van der Waals surface area (Å²) in [6.45, 7) is 1.89. The lowest BCUT2D eigenvalue weighted by Crippen LogP contribution is -2.24. The van der Waals surface area contributed by atoms with Crippen molar-refractivity contribution in [1.29, 1.82) is 0 Å². The van der Waals surface area contributed by atoms with E-state index in [-0.39, 0.29) is 18.1 Å². The maximum atomic E-state index is 11.5. The van der Waals surface area contributed by atoms with E-state index >= 15 is 0 Å². The number of ketones is 1. The SMILES string of the molecule is Cc1cc(I)cc2c1NC(=O)CC2=O. The summed E-state index contributed by atoms with van der Waals surface area (Å²) in [6, 6.07) is 3.75. The van der Waals surface area contributed by atoms with Gasteiger partial charge in [0, 0.05) is 9.13 Å². The van der Waals surface area contributed by atoms with Crippen LogP contribution in [0.2, 0.25) is 0 Å². The van der Waals surface area contributed by atoms with Crippen LogP contribution in [0.25, 0.3) is 0 Å². The van der Waals surface area contributed by atoms with Crippen LogP contribution in [0.15, 0.2) is 12.1 Å². The molecule has 0 radical (unpaired) electrons. The van der Waals surface area contributed by atoms with Gasteiger partial charge >= 0.3 is 0 Å². The van der Waals surface area contributed by atoms with Gasteiger partial charge in [-0.25, -0.2) is 0 Å². The standard InChI is InChI=1S/C10H8INO2/c1-5-2-6(11)3-7-8(13)4-9(14)12-10(5)7/h2-3H,4H2,1H3,(H,12,14). The van der Waals surface area contributed by atoms with E-state index in [1.54, 1.807) is 0 Å². The summed E-state index contributed by atoms with van der Waals surface area (Å²) < 4.78 is 1.02. The van der Waals surface area contributed by atoms with Gasteiger partial charge in [0.15, 0.2) is 5.78 Å². The molecule has 1 aromatic carbocycles. The van der Waals surface area contributed by atoms with Crippen molar-refractivity contribution >= 4 is 40.0 Å². The van der Waals surface area contributed by atoms with Gasteiger partial charge in [-0.15, -0.1) is 0 Å². The van der Waals surface area contributed by atoms with Gasteiger partial charge in [0.1, 0.15) is 0 Å². The molecule has 2 rings (SSSR count). The Morgan fingerprint density at radius 3 is 2.79 bits per heavy atom. The van der Waals surface area contributed by atoms with Crippen LogP contribution in [0.5, 0.6) is 0 Å². The molecule has 14 heavy (non-hydrogen) atoms. The minimum atomic E-state index is -0.216. The Balaban J connectivity index is 2.64. The topological polar surface area (TPSA) is 46.2 Å². The van der Waals surface area contributed by atoms with Crippen molar-refractivity contribution in [2.75, 3.05) is 5.32 Å². The summed E-state index contributed by atoms with van der Waals surface area (Å²) in [5, 5.41) is 2.72. The highest BCUT2D eigenvalue weighted by Crippen LogP contribution is 2.28. The predicted molar refractivity (Wildman–Crippen MR) is 61.5 cm³/mol. The lowest BCUT2D eigenvalue weighted by molar-refractivity contribution is -0.115. The maximum absolute atomic E-state index is 11.5. The smallest absolute Gasteiger partial charge is 0.232 e. The van der Waals surface area contributed by atoms with Crippen molar-refractivity contribution in [3.05, 3.63) is 26.8 Å². The maximum Gasteiger partial charge on any atom is 0.232 e. The van der Waals surface area contributed by atoms with Crippen LogP contribution < -0.4 is 5.32 Å². The molecule has 1 aliphatic heterocycles. The van der Waals surface area contributed by atoms with E-state index in [1.165, 1.54) is 0 Å². The van der Waals surface area contributed by atoms with E-state index in [4.69, 9.17) is 0 Å². The van der Waals surface area contributed by atoms with Gasteiger partial charge in [-0.3, -0.25) is 9.59 Å². The molecule has 0 fully saturated rings. The van der Waals surface area contributed by atoms with Crippen molar-refractivity contribution < 1.29 is 9.59 Å². The van der Waals surface area contributed by atoms with Crippen molar-refractivity contribution in [2.24, 2.45) is 0 Å². The van der Waals surface area contributed by atoms with E-state index in [0.29, 0.717) is 11.3 Å². The highest BCUT2D eigenvalue weighted by atomic mass is 127. The molecule has 1 heterocycles. The van der Waals surface area contributed by atoms with Crippen LogP contribution in [0.4, 0.5) is 5.69 Å². The average molecular weight is 301 g/mol. The van der Waals surface area contributed by atoms with Crippen molar-refractivity contribution in [1.82, 2.24) is 0 Å². The molecule has 1 aliphatic rings. The fraction of sp³-hybridized carbons (Fsp3) is 0.200. The van der Waals surface area contributed by atoms with Gasteiger partial charge in [0.25, 0.3) is 0 Å². The third-order valence-corrected chi connectivity index (χ3v) is 2.81. The Bertz CT molecular complexity index is 440. The number of amides is 1. The Hall–Kier alpha value is -0.910. The van der Waals surface area contributed by atoms with Gasteiger partial charge in [-0.1, -0.05) is 0 Å². The Kier molecular flexibility index (Phi) is 2.30. The van der Waals surface area contributed by atoms with E-state index in [1.807, 2.05) is 19.1 Å². The second kappa shape index (κ2) is 3.34. The molecule has 0 saturated heterocycles. The molecule has 0 spiro atoms. The molecular formula is C10H8INO2. The van der Waals surface area contributed by atoms with E-state index in [9.17, 15) is 9.59 Å². The zero-order chi connectivity index (χ0) is 10.3. The zero-order valence-corrected chi connectivity index (χ0v) is 9.71. The molecular weight excluding hydrogens is 293 g/mol. The molecule has 4 heteroatoms. The minimum Gasteiger partial charge on any atom is -0.325 e. The van der Waals surface area contributed by atoms with Crippen LogP contribution in [0, 0.1) is 10.5 Å². The molecule has 0 atom stereocenters. The van der Waals surface area contributed by atoms with Crippen LogP contribution in [0.1, 0.15) is 22.3 Å². The molecule has 0 saturated carbocycles. The number of hydrogen-bond acceptors (Lipinski definition) is 2. The molecule has 1 aromatic rings. The summed E-state index contributed by atoms with van der Waals surface area (Å²) in [4.78, 5) is 22.7. The van der Waals surface area contributed by atoms with E-state index in [2.05, 4.69) is 27.9 Å². The summed E-state index contributed by atoms with van der Waals surface area (Å²) in [5.41, 5.74) is 2.24. The number of aryl methyl sites for hydroxylation is 1. The molecule has 0 aliphatic carbocycles. The monoisotopic (exact) mass is 301 g/mol. The van der Waals surface area contributed by atoms with Crippen LogP contribution in [0.3, 0.4) is 0 Å². The fourth-order valence-corrected chi connectivity index (χ4v) is 2.33. The predicted octanol–water partition coefficient (Wildman–Crippen LogP) is 2.12. The summed E-state index contributed by atoms with van der Waals surface area (Å²) >= 11 is 2.16. The summed E-state index contributed by atoms with van der Waals surface area (Å²) in [7, 11) is 0. The zero-order valence-electron chi connectivity index (χ0n) is 7.56. The Morgan fingerprint density at radius 2 is 2.07 bits per heavy atom. The summed E-state index contributed by atoms with van der Waals surface area (Å²) in [5.74, 6) is -0.308. The first-order chi connectivity index (χ1) is 6.58. The lowest BCUT2D eigenvalue weighted by Gasteiger charge is -2.18. The van der Waals surface area contributed by atoms with Crippen LogP contribution >= 0.6 is 22.6 Å². The minimum absolute atomic E-state index is 0.0352.